The zero-order valence-electron chi connectivity index (χ0n) is 10.4. The van der Waals surface area contributed by atoms with Crippen LogP contribution in [0.2, 0.25) is 5.02 Å². The Kier molecular flexibility index (Phi) is 4.91. The fraction of sp³-hybridized carbons (Fsp3) is 0.200. The Bertz CT molecular complexity index is 531. The number of rotatable bonds is 5. The maximum absolute atomic E-state index is 13.8. The second-order valence-electron chi connectivity index (χ2n) is 4.32. The first-order valence-corrected chi connectivity index (χ1v) is 6.51. The van der Waals surface area contributed by atoms with Crippen LogP contribution in [-0.4, -0.2) is 6.54 Å². The molecule has 2 aromatic carbocycles. The van der Waals surface area contributed by atoms with Crippen LogP contribution in [0.15, 0.2) is 48.5 Å². The monoisotopic (exact) mass is 278 g/mol. The van der Waals surface area contributed by atoms with Crippen molar-refractivity contribution >= 4 is 11.6 Å². The molecule has 1 atom stereocenters. The maximum Gasteiger partial charge on any atom is 0.129 e. The molecular formula is C15H16ClFN2. The minimum Gasteiger partial charge on any atom is -0.329 e. The van der Waals surface area contributed by atoms with Gasteiger partial charge >= 0.3 is 0 Å². The normalized spacial score (nSPS) is 12.4. The van der Waals surface area contributed by atoms with E-state index in [0.29, 0.717) is 23.7 Å². The van der Waals surface area contributed by atoms with E-state index in [-0.39, 0.29) is 11.9 Å². The molecule has 2 rings (SSSR count). The topological polar surface area (TPSA) is 38.0 Å². The molecule has 0 aliphatic rings. The summed E-state index contributed by atoms with van der Waals surface area (Å²) in [6, 6.07) is 14.4. The Balaban J connectivity index is 2.08. The molecule has 0 aliphatic heterocycles. The minimum atomic E-state index is -0.330. The summed E-state index contributed by atoms with van der Waals surface area (Å²) in [7, 11) is 0. The molecule has 0 spiro atoms. The van der Waals surface area contributed by atoms with Gasteiger partial charge in [-0.2, -0.15) is 0 Å². The van der Waals surface area contributed by atoms with Gasteiger partial charge < -0.3 is 11.1 Å². The molecule has 0 radical (unpaired) electrons. The van der Waals surface area contributed by atoms with Crippen molar-refractivity contribution in [2.75, 3.05) is 6.54 Å². The fourth-order valence-corrected chi connectivity index (χ4v) is 2.10. The predicted octanol–water partition coefficient (Wildman–Crippen LogP) is 3.27. The van der Waals surface area contributed by atoms with Gasteiger partial charge in [-0.1, -0.05) is 48.0 Å². The number of halogens is 2. The van der Waals surface area contributed by atoms with Gasteiger partial charge in [-0.3, -0.25) is 0 Å². The highest BCUT2D eigenvalue weighted by molar-refractivity contribution is 6.30. The van der Waals surface area contributed by atoms with Crippen LogP contribution < -0.4 is 11.1 Å². The van der Waals surface area contributed by atoms with Gasteiger partial charge in [0, 0.05) is 29.7 Å². The lowest BCUT2D eigenvalue weighted by Crippen LogP contribution is -2.28. The van der Waals surface area contributed by atoms with Crippen molar-refractivity contribution in [1.82, 2.24) is 5.32 Å². The highest BCUT2D eigenvalue weighted by atomic mass is 35.5. The molecule has 0 saturated carbocycles. The second-order valence-corrected chi connectivity index (χ2v) is 4.76. The van der Waals surface area contributed by atoms with Gasteiger partial charge in [0.1, 0.15) is 5.82 Å². The average molecular weight is 279 g/mol. The molecule has 2 aromatic rings. The van der Waals surface area contributed by atoms with E-state index in [1.54, 1.807) is 12.1 Å². The zero-order valence-corrected chi connectivity index (χ0v) is 11.2. The van der Waals surface area contributed by atoms with Gasteiger partial charge in [-0.15, -0.1) is 0 Å². The molecule has 0 fully saturated rings. The SMILES string of the molecule is NCC(NCc1ccccc1)c1ccc(Cl)cc1F. The molecule has 4 heteroatoms. The number of nitrogens with one attached hydrogen (secondary N) is 1. The van der Waals surface area contributed by atoms with E-state index in [4.69, 9.17) is 17.3 Å². The van der Waals surface area contributed by atoms with Crippen molar-refractivity contribution < 1.29 is 4.39 Å². The highest BCUT2D eigenvalue weighted by Gasteiger charge is 2.13. The Morgan fingerprint density at radius 2 is 1.89 bits per heavy atom. The quantitative estimate of drug-likeness (QED) is 0.881. The number of nitrogens with two attached hydrogens (primary N) is 1. The van der Waals surface area contributed by atoms with Crippen molar-refractivity contribution in [3.05, 3.63) is 70.5 Å². The molecule has 0 aliphatic carbocycles. The smallest absolute Gasteiger partial charge is 0.129 e. The lowest BCUT2D eigenvalue weighted by Gasteiger charge is -2.18. The van der Waals surface area contributed by atoms with E-state index in [0.717, 1.165) is 5.56 Å². The van der Waals surface area contributed by atoms with E-state index >= 15 is 0 Å². The van der Waals surface area contributed by atoms with Crippen LogP contribution in [-0.2, 0) is 6.54 Å². The molecule has 3 N–H and O–H groups in total. The first-order chi connectivity index (χ1) is 9.20. The first kappa shape index (κ1) is 14.0. The summed E-state index contributed by atoms with van der Waals surface area (Å²) in [6.07, 6.45) is 0. The van der Waals surface area contributed by atoms with E-state index in [9.17, 15) is 4.39 Å². The largest absolute Gasteiger partial charge is 0.329 e. The van der Waals surface area contributed by atoms with Crippen LogP contribution in [0.3, 0.4) is 0 Å². The van der Waals surface area contributed by atoms with Crippen molar-refractivity contribution in [3.8, 4) is 0 Å². The van der Waals surface area contributed by atoms with Gasteiger partial charge in [0.25, 0.3) is 0 Å². The van der Waals surface area contributed by atoms with E-state index < -0.39 is 0 Å². The van der Waals surface area contributed by atoms with Gasteiger partial charge in [0.05, 0.1) is 0 Å². The molecule has 19 heavy (non-hydrogen) atoms. The third kappa shape index (κ3) is 3.77. The lowest BCUT2D eigenvalue weighted by atomic mass is 10.1. The van der Waals surface area contributed by atoms with E-state index in [2.05, 4.69) is 5.32 Å². The van der Waals surface area contributed by atoms with Crippen molar-refractivity contribution in [2.45, 2.75) is 12.6 Å². The van der Waals surface area contributed by atoms with Gasteiger partial charge in [-0.25, -0.2) is 4.39 Å². The highest BCUT2D eigenvalue weighted by Crippen LogP contribution is 2.20. The number of hydrogen-bond acceptors (Lipinski definition) is 2. The summed E-state index contributed by atoms with van der Waals surface area (Å²) in [5.74, 6) is -0.330. The fourth-order valence-electron chi connectivity index (χ4n) is 1.94. The Morgan fingerprint density at radius 3 is 2.53 bits per heavy atom. The van der Waals surface area contributed by atoms with Crippen molar-refractivity contribution in [2.24, 2.45) is 5.73 Å². The Labute approximate surface area is 117 Å². The Hall–Kier alpha value is -1.42. The van der Waals surface area contributed by atoms with Crippen molar-refractivity contribution in [1.29, 1.82) is 0 Å². The van der Waals surface area contributed by atoms with Crippen LogP contribution in [0.4, 0.5) is 4.39 Å². The summed E-state index contributed by atoms with van der Waals surface area (Å²) >= 11 is 5.75. The van der Waals surface area contributed by atoms with Crippen LogP contribution in [0.5, 0.6) is 0 Å². The minimum absolute atomic E-state index is 0.225. The van der Waals surface area contributed by atoms with Gasteiger partial charge in [0.15, 0.2) is 0 Å². The summed E-state index contributed by atoms with van der Waals surface area (Å²) in [5, 5.41) is 3.64. The average Bonchev–Trinajstić information content (AvgIpc) is 2.42. The summed E-state index contributed by atoms with van der Waals surface area (Å²) in [5.41, 5.74) is 7.39. The molecule has 100 valence electrons. The van der Waals surface area contributed by atoms with Gasteiger partial charge in [0.2, 0.25) is 0 Å². The molecule has 0 aromatic heterocycles. The molecule has 1 unspecified atom stereocenters. The third-order valence-corrected chi connectivity index (χ3v) is 3.20. The summed E-state index contributed by atoms with van der Waals surface area (Å²) in [6.45, 7) is 0.968. The van der Waals surface area contributed by atoms with Crippen LogP contribution in [0.1, 0.15) is 17.2 Å². The molecule has 0 saturated heterocycles. The second kappa shape index (κ2) is 6.66. The summed E-state index contributed by atoms with van der Waals surface area (Å²) < 4.78 is 13.8. The molecule has 0 amide bonds. The molecule has 0 heterocycles. The molecular weight excluding hydrogens is 263 g/mol. The third-order valence-electron chi connectivity index (χ3n) is 2.97. The number of benzene rings is 2. The van der Waals surface area contributed by atoms with Crippen molar-refractivity contribution in [3.63, 3.8) is 0 Å². The van der Waals surface area contributed by atoms with E-state index in [1.807, 2.05) is 30.3 Å². The standard InChI is InChI=1S/C15H16ClFN2/c16-12-6-7-13(14(17)8-12)15(9-18)19-10-11-4-2-1-3-5-11/h1-8,15,19H,9-10,18H2. The van der Waals surface area contributed by atoms with Crippen LogP contribution in [0.25, 0.3) is 0 Å². The molecule has 2 nitrogen and oxygen atoms in total. The number of hydrogen-bond donors (Lipinski definition) is 2. The lowest BCUT2D eigenvalue weighted by molar-refractivity contribution is 0.506. The molecule has 0 bridgehead atoms. The Morgan fingerprint density at radius 1 is 1.16 bits per heavy atom. The van der Waals surface area contributed by atoms with Crippen LogP contribution in [0, 0.1) is 5.82 Å². The first-order valence-electron chi connectivity index (χ1n) is 6.13. The maximum atomic E-state index is 13.8. The van der Waals surface area contributed by atoms with E-state index in [1.165, 1.54) is 6.07 Å². The van der Waals surface area contributed by atoms with Gasteiger partial charge in [-0.05, 0) is 17.7 Å². The predicted molar refractivity (Wildman–Crippen MR) is 76.5 cm³/mol. The van der Waals surface area contributed by atoms with Crippen LogP contribution >= 0.6 is 11.6 Å². The zero-order chi connectivity index (χ0) is 13.7. The summed E-state index contributed by atoms with van der Waals surface area (Å²) in [4.78, 5) is 0.